The summed E-state index contributed by atoms with van der Waals surface area (Å²) in [4.78, 5) is 4.00. The molecule has 3 nitrogen and oxygen atoms in total. The number of aromatic nitrogens is 1. The molecular formula is C8H3ClN2OS. The Labute approximate surface area is 83.2 Å². The van der Waals surface area contributed by atoms with Crippen molar-refractivity contribution in [2.45, 2.75) is 0 Å². The van der Waals surface area contributed by atoms with E-state index in [0.717, 1.165) is 0 Å². The van der Waals surface area contributed by atoms with Crippen molar-refractivity contribution < 1.29 is 4.42 Å². The maximum absolute atomic E-state index is 8.61. The second-order valence-corrected chi connectivity index (χ2v) is 3.83. The van der Waals surface area contributed by atoms with Crippen LogP contribution in [0.3, 0.4) is 0 Å². The first-order valence-corrected chi connectivity index (χ1v) is 4.61. The number of hydrogen-bond acceptors (Lipinski definition) is 4. The second kappa shape index (κ2) is 3.21. The summed E-state index contributed by atoms with van der Waals surface area (Å²) in [5.41, 5.74) is 0.248. The lowest BCUT2D eigenvalue weighted by atomic mass is 10.4. The first kappa shape index (κ1) is 8.30. The zero-order valence-corrected chi connectivity index (χ0v) is 7.89. The maximum Gasteiger partial charge on any atom is 0.171 e. The van der Waals surface area contributed by atoms with Gasteiger partial charge in [0.1, 0.15) is 10.4 Å². The molecule has 0 aliphatic heterocycles. The summed E-state index contributed by atoms with van der Waals surface area (Å²) in [5.74, 6) is 0.633. The van der Waals surface area contributed by atoms with Crippen LogP contribution in [0, 0.1) is 11.3 Å². The van der Waals surface area contributed by atoms with Gasteiger partial charge in [-0.3, -0.25) is 0 Å². The molecule has 0 bridgehead atoms. The Morgan fingerprint density at radius 3 is 3.00 bits per heavy atom. The minimum atomic E-state index is 0.248. The van der Waals surface area contributed by atoms with E-state index in [-0.39, 0.29) is 5.69 Å². The predicted molar refractivity (Wildman–Crippen MR) is 49.5 cm³/mol. The van der Waals surface area contributed by atoms with Crippen molar-refractivity contribution in [2.24, 2.45) is 0 Å². The second-order valence-electron chi connectivity index (χ2n) is 2.23. The summed E-state index contributed by atoms with van der Waals surface area (Å²) in [5, 5.41) is 9.24. The zero-order chi connectivity index (χ0) is 9.26. The Kier molecular flexibility index (Phi) is 2.05. The summed E-state index contributed by atoms with van der Waals surface area (Å²) >= 11 is 6.99. The number of nitriles is 1. The third-order valence-electron chi connectivity index (χ3n) is 1.42. The largest absolute Gasteiger partial charge is 0.462 e. The first-order chi connectivity index (χ1) is 6.31. The van der Waals surface area contributed by atoms with Crippen LogP contribution in [0.25, 0.3) is 10.8 Å². The number of nitrogens with zero attached hydrogens (tertiary/aromatic N) is 2. The average molecular weight is 211 g/mol. The van der Waals surface area contributed by atoms with Crippen LogP contribution in [0.4, 0.5) is 0 Å². The molecule has 0 fully saturated rings. The highest BCUT2D eigenvalue weighted by molar-refractivity contribution is 7.19. The third kappa shape index (κ3) is 1.44. The average Bonchev–Trinajstić information content (AvgIpc) is 2.71. The summed E-state index contributed by atoms with van der Waals surface area (Å²) in [6.07, 6.45) is 1.55. The summed E-state index contributed by atoms with van der Waals surface area (Å²) < 4.78 is 5.51. The Morgan fingerprint density at radius 2 is 2.46 bits per heavy atom. The Balaban J connectivity index is 2.50. The van der Waals surface area contributed by atoms with Crippen LogP contribution in [0.1, 0.15) is 5.69 Å². The van der Waals surface area contributed by atoms with E-state index in [2.05, 4.69) is 4.98 Å². The fourth-order valence-corrected chi connectivity index (χ4v) is 1.89. The molecule has 0 N–H and O–H groups in total. The Bertz CT molecular complexity index is 455. The minimum Gasteiger partial charge on any atom is -0.462 e. The van der Waals surface area contributed by atoms with Crippen LogP contribution < -0.4 is 0 Å². The molecule has 0 saturated carbocycles. The van der Waals surface area contributed by atoms with Gasteiger partial charge in [-0.05, 0) is 12.1 Å². The van der Waals surface area contributed by atoms with Crippen molar-refractivity contribution in [1.29, 1.82) is 5.26 Å². The molecule has 2 aromatic rings. The molecule has 2 rings (SSSR count). The van der Waals surface area contributed by atoms with Gasteiger partial charge < -0.3 is 4.42 Å². The van der Waals surface area contributed by atoms with Crippen LogP contribution >= 0.6 is 22.9 Å². The van der Waals surface area contributed by atoms with Crippen LogP contribution in [-0.4, -0.2) is 4.98 Å². The SMILES string of the molecule is N#Cc1nc(-c2ccco2)sc1Cl. The van der Waals surface area contributed by atoms with Gasteiger partial charge in [0.15, 0.2) is 16.5 Å². The molecule has 64 valence electrons. The monoisotopic (exact) mass is 210 g/mol. The fraction of sp³-hybridized carbons (Fsp3) is 0. The van der Waals surface area contributed by atoms with Gasteiger partial charge in [-0.25, -0.2) is 4.98 Å². The molecule has 2 heterocycles. The smallest absolute Gasteiger partial charge is 0.171 e. The van der Waals surface area contributed by atoms with E-state index in [1.165, 1.54) is 11.3 Å². The fourth-order valence-electron chi connectivity index (χ4n) is 0.876. The molecule has 0 aliphatic rings. The highest BCUT2D eigenvalue weighted by Gasteiger charge is 2.11. The minimum absolute atomic E-state index is 0.248. The van der Waals surface area contributed by atoms with E-state index in [1.807, 2.05) is 6.07 Å². The molecule has 0 spiro atoms. The number of thiazole rings is 1. The topological polar surface area (TPSA) is 49.8 Å². The van der Waals surface area contributed by atoms with Gasteiger partial charge in [-0.1, -0.05) is 22.9 Å². The maximum atomic E-state index is 8.61. The Hall–Kier alpha value is -1.31. The van der Waals surface area contributed by atoms with E-state index in [1.54, 1.807) is 18.4 Å². The van der Waals surface area contributed by atoms with Crippen molar-refractivity contribution in [2.75, 3.05) is 0 Å². The van der Waals surface area contributed by atoms with Gasteiger partial charge in [0, 0.05) is 0 Å². The van der Waals surface area contributed by atoms with Gasteiger partial charge in [-0.15, -0.1) is 0 Å². The summed E-state index contributed by atoms with van der Waals surface area (Å²) in [6.45, 7) is 0. The van der Waals surface area contributed by atoms with E-state index in [4.69, 9.17) is 21.3 Å². The first-order valence-electron chi connectivity index (χ1n) is 3.41. The van der Waals surface area contributed by atoms with E-state index in [9.17, 15) is 0 Å². The van der Waals surface area contributed by atoms with Gasteiger partial charge in [0.25, 0.3) is 0 Å². The lowest BCUT2D eigenvalue weighted by Crippen LogP contribution is -1.74. The van der Waals surface area contributed by atoms with Crippen molar-refractivity contribution in [3.63, 3.8) is 0 Å². The lowest BCUT2D eigenvalue weighted by molar-refractivity contribution is 0.582. The van der Waals surface area contributed by atoms with E-state index >= 15 is 0 Å². The van der Waals surface area contributed by atoms with Gasteiger partial charge in [0.05, 0.1) is 6.26 Å². The van der Waals surface area contributed by atoms with Crippen LogP contribution in [-0.2, 0) is 0 Å². The van der Waals surface area contributed by atoms with Gasteiger partial charge in [-0.2, -0.15) is 5.26 Å². The van der Waals surface area contributed by atoms with Crippen LogP contribution in [0.2, 0.25) is 4.34 Å². The summed E-state index contributed by atoms with van der Waals surface area (Å²) in [7, 11) is 0. The predicted octanol–water partition coefficient (Wildman–Crippen LogP) is 2.93. The molecule has 0 aromatic carbocycles. The molecule has 0 unspecified atom stereocenters. The normalized spacial score (nSPS) is 9.85. The lowest BCUT2D eigenvalue weighted by Gasteiger charge is -1.83. The van der Waals surface area contributed by atoms with Crippen molar-refractivity contribution in [3.05, 3.63) is 28.4 Å². The van der Waals surface area contributed by atoms with Crippen molar-refractivity contribution in [1.82, 2.24) is 4.98 Å². The molecule has 0 atom stereocenters. The van der Waals surface area contributed by atoms with Crippen LogP contribution in [0.5, 0.6) is 0 Å². The third-order valence-corrected chi connectivity index (χ3v) is 2.69. The number of hydrogen-bond donors (Lipinski definition) is 0. The standard InChI is InChI=1S/C8H3ClN2OS/c9-7-5(4-10)11-8(13-7)6-2-1-3-12-6/h1-3H. The zero-order valence-electron chi connectivity index (χ0n) is 6.32. The van der Waals surface area contributed by atoms with E-state index < -0.39 is 0 Å². The van der Waals surface area contributed by atoms with Crippen molar-refractivity contribution >= 4 is 22.9 Å². The number of halogens is 1. The van der Waals surface area contributed by atoms with Gasteiger partial charge in [0.2, 0.25) is 0 Å². The molecule has 0 aliphatic carbocycles. The molecular weight excluding hydrogens is 208 g/mol. The van der Waals surface area contributed by atoms with Crippen molar-refractivity contribution in [3.8, 4) is 16.8 Å². The summed E-state index contributed by atoms with van der Waals surface area (Å²) in [6, 6.07) is 5.44. The molecule has 13 heavy (non-hydrogen) atoms. The highest BCUT2D eigenvalue weighted by Crippen LogP contribution is 2.31. The highest BCUT2D eigenvalue weighted by atomic mass is 35.5. The van der Waals surface area contributed by atoms with Gasteiger partial charge >= 0.3 is 0 Å². The molecule has 0 saturated heterocycles. The molecule has 0 amide bonds. The number of furan rings is 1. The Morgan fingerprint density at radius 1 is 1.62 bits per heavy atom. The van der Waals surface area contributed by atoms with E-state index in [0.29, 0.717) is 15.1 Å². The molecule has 2 aromatic heterocycles. The molecule has 5 heteroatoms. The molecule has 0 radical (unpaired) electrons. The quantitative estimate of drug-likeness (QED) is 0.727. The number of rotatable bonds is 1. The van der Waals surface area contributed by atoms with Crippen LogP contribution in [0.15, 0.2) is 22.8 Å².